The zero-order valence-corrected chi connectivity index (χ0v) is 21.0. The maximum absolute atomic E-state index is 13.1. The van der Waals surface area contributed by atoms with Gasteiger partial charge < -0.3 is 20.3 Å². The average Bonchev–Trinajstić information content (AvgIpc) is 2.76. The molecule has 0 atom stereocenters. The maximum atomic E-state index is 13.1. The normalized spacial score (nSPS) is 38.9. The fraction of sp³-hybridized carbons (Fsp3) is 0.926. The fourth-order valence-electron chi connectivity index (χ4n) is 7.88. The molecule has 6 aliphatic rings. The predicted octanol–water partition coefficient (Wildman–Crippen LogP) is 4.48. The van der Waals surface area contributed by atoms with Crippen LogP contribution < -0.4 is 10.6 Å². The van der Waals surface area contributed by atoms with E-state index in [-0.39, 0.29) is 29.5 Å². The van der Waals surface area contributed by atoms with Gasteiger partial charge in [-0.1, -0.05) is 0 Å². The molecule has 0 radical (unpaired) electrons. The molecule has 6 nitrogen and oxygen atoms in total. The Bertz CT molecular complexity index is 689. The molecule has 1 aliphatic heterocycles. The standard InChI is InChI=1S/C27H45N3O3/c1-27(2,3)33-23-6-4-22(5-7-23)28-26(32)30-10-8-19(9-11-30)25(31)29-24-20-13-17-12-18(15-20)16-21(24)14-17/h17-24H,4-16H2,1-3H3,(H,28,32)(H,29,31)/t17?,18?,20?,21?,22-,23-,24?. The van der Waals surface area contributed by atoms with Gasteiger partial charge in [0.05, 0.1) is 11.7 Å². The van der Waals surface area contributed by atoms with Gasteiger partial charge in [-0.25, -0.2) is 4.79 Å². The lowest BCUT2D eigenvalue weighted by molar-refractivity contribution is -0.130. The van der Waals surface area contributed by atoms with Gasteiger partial charge in [0.2, 0.25) is 5.91 Å². The molecule has 33 heavy (non-hydrogen) atoms. The number of carbonyl (C=O) groups excluding carboxylic acids is 2. The molecule has 6 heteroatoms. The number of hydrogen-bond acceptors (Lipinski definition) is 3. The van der Waals surface area contributed by atoms with E-state index in [0.29, 0.717) is 25.2 Å². The summed E-state index contributed by atoms with van der Waals surface area (Å²) in [5, 5.41) is 6.74. The van der Waals surface area contributed by atoms with Crippen molar-refractivity contribution in [2.24, 2.45) is 29.6 Å². The number of likely N-dealkylation sites (tertiary alicyclic amines) is 1. The molecule has 0 aromatic heterocycles. The van der Waals surface area contributed by atoms with E-state index in [1.165, 1.54) is 32.1 Å². The van der Waals surface area contributed by atoms with Crippen molar-refractivity contribution >= 4 is 11.9 Å². The van der Waals surface area contributed by atoms with E-state index in [2.05, 4.69) is 31.4 Å². The van der Waals surface area contributed by atoms with Crippen LogP contribution in [0.25, 0.3) is 0 Å². The number of urea groups is 1. The van der Waals surface area contributed by atoms with Crippen LogP contribution in [0.15, 0.2) is 0 Å². The summed E-state index contributed by atoms with van der Waals surface area (Å²) in [4.78, 5) is 27.8. The molecule has 6 rings (SSSR count). The Kier molecular flexibility index (Phi) is 6.67. The SMILES string of the molecule is CC(C)(C)O[C@H]1CC[C@H](NC(=O)N2CCC(C(=O)NC3C4CC5CC(C4)CC3C5)CC2)CC1. The van der Waals surface area contributed by atoms with Gasteiger partial charge in [-0.2, -0.15) is 0 Å². The molecule has 0 spiro atoms. The molecule has 0 aromatic rings. The van der Waals surface area contributed by atoms with Crippen molar-refractivity contribution in [2.75, 3.05) is 13.1 Å². The van der Waals surface area contributed by atoms with Crippen LogP contribution in [0.4, 0.5) is 4.79 Å². The van der Waals surface area contributed by atoms with E-state index in [4.69, 9.17) is 4.74 Å². The number of amides is 3. The van der Waals surface area contributed by atoms with Gasteiger partial charge >= 0.3 is 6.03 Å². The lowest BCUT2D eigenvalue weighted by Gasteiger charge is -2.54. The van der Waals surface area contributed by atoms with E-state index in [1.54, 1.807) is 0 Å². The van der Waals surface area contributed by atoms with Crippen molar-refractivity contribution in [3.63, 3.8) is 0 Å². The van der Waals surface area contributed by atoms with Gasteiger partial charge in [0.25, 0.3) is 0 Å². The third-order valence-corrected chi connectivity index (χ3v) is 9.21. The van der Waals surface area contributed by atoms with Crippen LogP contribution in [0, 0.1) is 29.6 Å². The highest BCUT2D eigenvalue weighted by atomic mass is 16.5. The second kappa shape index (κ2) is 9.39. The summed E-state index contributed by atoms with van der Waals surface area (Å²) in [7, 11) is 0. The summed E-state index contributed by atoms with van der Waals surface area (Å²) in [6.07, 6.45) is 12.7. The van der Waals surface area contributed by atoms with E-state index >= 15 is 0 Å². The van der Waals surface area contributed by atoms with Crippen LogP contribution in [0.1, 0.15) is 91.4 Å². The number of hydrogen-bond donors (Lipinski definition) is 2. The Morgan fingerprint density at radius 2 is 1.36 bits per heavy atom. The number of piperidine rings is 1. The van der Waals surface area contributed by atoms with Gasteiger partial charge in [0.15, 0.2) is 0 Å². The van der Waals surface area contributed by atoms with Crippen LogP contribution in [-0.4, -0.2) is 53.7 Å². The molecular weight excluding hydrogens is 414 g/mol. The van der Waals surface area contributed by atoms with Gasteiger partial charge in [0, 0.05) is 31.1 Å². The minimum atomic E-state index is -0.104. The molecule has 2 N–H and O–H groups in total. The number of nitrogens with one attached hydrogen (secondary N) is 2. The zero-order chi connectivity index (χ0) is 23.2. The van der Waals surface area contributed by atoms with E-state index in [9.17, 15) is 9.59 Å². The average molecular weight is 460 g/mol. The molecule has 1 heterocycles. The smallest absolute Gasteiger partial charge is 0.317 e. The predicted molar refractivity (Wildman–Crippen MR) is 129 cm³/mol. The van der Waals surface area contributed by atoms with Crippen LogP contribution >= 0.6 is 0 Å². The third-order valence-electron chi connectivity index (χ3n) is 9.21. The van der Waals surface area contributed by atoms with Crippen LogP contribution in [0.5, 0.6) is 0 Å². The zero-order valence-electron chi connectivity index (χ0n) is 21.0. The van der Waals surface area contributed by atoms with E-state index < -0.39 is 0 Å². The van der Waals surface area contributed by atoms with Gasteiger partial charge in [0.1, 0.15) is 0 Å². The molecule has 1 saturated heterocycles. The summed E-state index contributed by atoms with van der Waals surface area (Å²) < 4.78 is 6.11. The lowest BCUT2D eigenvalue weighted by atomic mass is 9.54. The molecule has 5 aliphatic carbocycles. The van der Waals surface area contributed by atoms with Gasteiger partial charge in [-0.15, -0.1) is 0 Å². The van der Waals surface area contributed by atoms with Crippen molar-refractivity contribution in [2.45, 2.75) is 115 Å². The number of rotatable bonds is 4. The number of carbonyl (C=O) groups is 2. The Morgan fingerprint density at radius 1 is 0.788 bits per heavy atom. The number of nitrogens with zero attached hydrogens (tertiary/aromatic N) is 1. The molecule has 6 fully saturated rings. The topological polar surface area (TPSA) is 70.7 Å². The van der Waals surface area contributed by atoms with Crippen LogP contribution in [-0.2, 0) is 9.53 Å². The third kappa shape index (κ3) is 5.52. The second-order valence-electron chi connectivity index (χ2n) is 12.9. The summed E-state index contributed by atoms with van der Waals surface area (Å²) in [5.41, 5.74) is -0.104. The quantitative estimate of drug-likeness (QED) is 0.651. The molecule has 3 amide bonds. The monoisotopic (exact) mass is 459 g/mol. The van der Waals surface area contributed by atoms with Gasteiger partial charge in [-0.3, -0.25) is 4.79 Å². The summed E-state index contributed by atoms with van der Waals surface area (Å²) in [6, 6.07) is 0.717. The first-order valence-corrected chi connectivity index (χ1v) is 13.8. The molecule has 5 saturated carbocycles. The molecular formula is C27H45N3O3. The van der Waals surface area contributed by atoms with Crippen molar-refractivity contribution in [1.29, 1.82) is 0 Å². The Hall–Kier alpha value is -1.30. The second-order valence-corrected chi connectivity index (χ2v) is 12.9. The van der Waals surface area contributed by atoms with E-state index in [1.807, 2.05) is 4.90 Å². The van der Waals surface area contributed by atoms with Crippen molar-refractivity contribution in [3.05, 3.63) is 0 Å². The first kappa shape index (κ1) is 23.4. The van der Waals surface area contributed by atoms with Crippen LogP contribution in [0.2, 0.25) is 0 Å². The highest BCUT2D eigenvalue weighted by molar-refractivity contribution is 5.80. The molecule has 0 unspecified atom stereocenters. The first-order chi connectivity index (χ1) is 15.7. The summed E-state index contributed by atoms with van der Waals surface area (Å²) >= 11 is 0. The van der Waals surface area contributed by atoms with Crippen molar-refractivity contribution < 1.29 is 14.3 Å². The summed E-state index contributed by atoms with van der Waals surface area (Å²) in [6.45, 7) is 7.69. The summed E-state index contributed by atoms with van der Waals surface area (Å²) in [5.74, 6) is 3.63. The van der Waals surface area contributed by atoms with Crippen LogP contribution in [0.3, 0.4) is 0 Å². The first-order valence-electron chi connectivity index (χ1n) is 13.8. The lowest BCUT2D eigenvalue weighted by Crippen LogP contribution is -2.57. The highest BCUT2D eigenvalue weighted by Crippen LogP contribution is 2.53. The Morgan fingerprint density at radius 3 is 1.91 bits per heavy atom. The molecule has 4 bridgehead atoms. The Balaban J connectivity index is 1.03. The minimum Gasteiger partial charge on any atom is -0.373 e. The molecule has 186 valence electrons. The van der Waals surface area contributed by atoms with Crippen molar-refractivity contribution in [1.82, 2.24) is 15.5 Å². The minimum absolute atomic E-state index is 0.0510. The maximum Gasteiger partial charge on any atom is 0.317 e. The largest absolute Gasteiger partial charge is 0.373 e. The fourth-order valence-corrected chi connectivity index (χ4v) is 7.88. The number of ether oxygens (including phenoxy) is 1. The van der Waals surface area contributed by atoms with Crippen molar-refractivity contribution in [3.8, 4) is 0 Å². The van der Waals surface area contributed by atoms with Gasteiger partial charge in [-0.05, 0) is 115 Å². The molecule has 0 aromatic carbocycles. The van der Waals surface area contributed by atoms with E-state index in [0.717, 1.165) is 62.2 Å². The Labute approximate surface area is 199 Å². The highest BCUT2D eigenvalue weighted by Gasteiger charge is 2.49.